The minimum absolute atomic E-state index is 0.128. The van der Waals surface area contributed by atoms with Gasteiger partial charge in [-0.25, -0.2) is 0 Å². The molecule has 1 aliphatic carbocycles. The van der Waals surface area contributed by atoms with Crippen molar-refractivity contribution in [1.82, 2.24) is 10.2 Å². The molecule has 2 fully saturated rings. The van der Waals surface area contributed by atoms with E-state index in [1.54, 1.807) is 7.11 Å². The van der Waals surface area contributed by atoms with Gasteiger partial charge in [-0.15, -0.1) is 0 Å². The summed E-state index contributed by atoms with van der Waals surface area (Å²) < 4.78 is 4.86. The molecule has 16 heavy (non-hydrogen) atoms. The predicted molar refractivity (Wildman–Crippen MR) is 62.2 cm³/mol. The Balaban J connectivity index is 1.63. The fourth-order valence-corrected chi connectivity index (χ4v) is 2.20. The number of carbonyl (C=O) groups is 1. The zero-order valence-electron chi connectivity index (χ0n) is 10.1. The lowest BCUT2D eigenvalue weighted by Crippen LogP contribution is -2.46. The Labute approximate surface area is 97.3 Å². The molecule has 0 aromatic rings. The van der Waals surface area contributed by atoms with Crippen LogP contribution in [-0.4, -0.2) is 50.2 Å². The van der Waals surface area contributed by atoms with Gasteiger partial charge in [-0.05, 0) is 38.1 Å². The van der Waals surface area contributed by atoms with Gasteiger partial charge in [0.25, 0.3) is 0 Å². The van der Waals surface area contributed by atoms with Crippen LogP contribution in [0.5, 0.6) is 0 Å². The highest BCUT2D eigenvalue weighted by molar-refractivity contribution is 5.77. The Morgan fingerprint density at radius 1 is 1.31 bits per heavy atom. The van der Waals surface area contributed by atoms with Crippen LogP contribution in [0.15, 0.2) is 0 Å². The second kappa shape index (κ2) is 5.64. The van der Waals surface area contributed by atoms with Crippen LogP contribution in [-0.2, 0) is 9.53 Å². The van der Waals surface area contributed by atoms with Gasteiger partial charge < -0.3 is 15.0 Å². The average molecular weight is 226 g/mol. The number of nitrogens with one attached hydrogen (secondary N) is 1. The van der Waals surface area contributed by atoms with Crippen LogP contribution >= 0.6 is 0 Å². The summed E-state index contributed by atoms with van der Waals surface area (Å²) in [5.74, 6) is 1.07. The first-order valence-electron chi connectivity index (χ1n) is 6.29. The minimum atomic E-state index is 0.128. The summed E-state index contributed by atoms with van der Waals surface area (Å²) in [7, 11) is 1.57. The average Bonchev–Trinajstić information content (AvgIpc) is 3.11. The summed E-state index contributed by atoms with van der Waals surface area (Å²) in [6, 6.07) is 0.618. The third-order valence-electron chi connectivity index (χ3n) is 3.51. The normalized spacial score (nSPS) is 22.4. The van der Waals surface area contributed by atoms with Crippen molar-refractivity contribution in [3.05, 3.63) is 0 Å². The predicted octanol–water partition coefficient (Wildman–Crippen LogP) is 0.623. The molecule has 4 nitrogen and oxygen atoms in total. The van der Waals surface area contributed by atoms with Gasteiger partial charge in [-0.2, -0.15) is 0 Å². The van der Waals surface area contributed by atoms with Crippen LogP contribution in [0.4, 0.5) is 0 Å². The highest BCUT2D eigenvalue weighted by Crippen LogP contribution is 2.28. The van der Waals surface area contributed by atoms with E-state index < -0.39 is 0 Å². The molecule has 1 saturated carbocycles. The maximum absolute atomic E-state index is 11.6. The molecule has 1 saturated heterocycles. The van der Waals surface area contributed by atoms with Crippen molar-refractivity contribution in [2.24, 2.45) is 5.92 Å². The number of hydrogen-bond acceptors (Lipinski definition) is 3. The number of nitrogens with zero attached hydrogens (tertiary/aromatic N) is 1. The summed E-state index contributed by atoms with van der Waals surface area (Å²) in [6.07, 6.45) is 4.97. The van der Waals surface area contributed by atoms with Gasteiger partial charge in [-0.3, -0.25) is 4.79 Å². The molecule has 0 bridgehead atoms. The molecule has 0 aromatic heterocycles. The maximum atomic E-state index is 11.6. The zero-order chi connectivity index (χ0) is 11.4. The molecule has 1 N–H and O–H groups in total. The molecule has 1 aliphatic heterocycles. The van der Waals surface area contributed by atoms with Gasteiger partial charge in [0.2, 0.25) is 5.91 Å². The van der Waals surface area contributed by atoms with Gasteiger partial charge in [0.05, 0.1) is 0 Å². The van der Waals surface area contributed by atoms with Gasteiger partial charge in [-0.1, -0.05) is 0 Å². The summed E-state index contributed by atoms with van der Waals surface area (Å²) in [5.41, 5.74) is 0. The summed E-state index contributed by atoms with van der Waals surface area (Å²) in [4.78, 5) is 13.5. The first-order valence-corrected chi connectivity index (χ1v) is 6.29. The van der Waals surface area contributed by atoms with Crippen molar-refractivity contribution in [3.63, 3.8) is 0 Å². The maximum Gasteiger partial charge on any atom is 0.248 e. The number of rotatable bonds is 5. The molecule has 0 unspecified atom stereocenters. The molecule has 2 rings (SSSR count). The monoisotopic (exact) mass is 226 g/mol. The van der Waals surface area contributed by atoms with E-state index in [2.05, 4.69) is 5.32 Å². The Morgan fingerprint density at radius 2 is 2.00 bits per heavy atom. The van der Waals surface area contributed by atoms with Crippen LogP contribution in [0.25, 0.3) is 0 Å². The van der Waals surface area contributed by atoms with E-state index in [9.17, 15) is 4.79 Å². The van der Waals surface area contributed by atoms with E-state index in [1.165, 1.54) is 19.4 Å². The Bertz CT molecular complexity index is 233. The van der Waals surface area contributed by atoms with Gasteiger partial charge >= 0.3 is 0 Å². The third kappa shape index (κ3) is 3.46. The number of likely N-dealkylation sites (tertiary alicyclic amines) is 1. The minimum Gasteiger partial charge on any atom is -0.375 e. The smallest absolute Gasteiger partial charge is 0.248 e. The first kappa shape index (κ1) is 11.9. The molecule has 4 heteroatoms. The number of amides is 1. The number of methoxy groups -OCH3 is 1. The number of carbonyl (C=O) groups excluding carboxylic acids is 1. The number of hydrogen-bond donors (Lipinski definition) is 1. The topological polar surface area (TPSA) is 41.6 Å². The second-order valence-corrected chi connectivity index (χ2v) is 4.94. The Morgan fingerprint density at radius 3 is 2.56 bits per heavy atom. The van der Waals surface area contributed by atoms with E-state index in [0.717, 1.165) is 31.8 Å². The van der Waals surface area contributed by atoms with E-state index in [1.807, 2.05) is 4.90 Å². The molecule has 92 valence electrons. The van der Waals surface area contributed by atoms with Gasteiger partial charge in [0, 0.05) is 26.2 Å². The highest BCUT2D eigenvalue weighted by Gasteiger charge is 2.25. The van der Waals surface area contributed by atoms with Crippen LogP contribution in [0.3, 0.4) is 0 Å². The Kier molecular flexibility index (Phi) is 4.18. The molecule has 0 atom stereocenters. The SMILES string of the molecule is COCC(=O)N1CCC(NCC2CC2)CC1. The quantitative estimate of drug-likeness (QED) is 0.747. The molecule has 0 spiro atoms. The molecule has 0 aromatic carbocycles. The van der Waals surface area contributed by atoms with Crippen molar-refractivity contribution in [2.75, 3.05) is 33.4 Å². The summed E-state index contributed by atoms with van der Waals surface area (Å²) >= 11 is 0. The van der Waals surface area contributed by atoms with Crippen molar-refractivity contribution in [2.45, 2.75) is 31.7 Å². The largest absolute Gasteiger partial charge is 0.375 e. The first-order chi connectivity index (χ1) is 7.79. The molecule has 1 amide bonds. The standard InChI is InChI=1S/C12H22N2O2/c1-16-9-12(15)14-6-4-11(5-7-14)13-8-10-2-3-10/h10-11,13H,2-9H2,1H3. The molecular formula is C12H22N2O2. The third-order valence-corrected chi connectivity index (χ3v) is 3.51. The van der Waals surface area contributed by atoms with E-state index in [0.29, 0.717) is 6.04 Å². The summed E-state index contributed by atoms with van der Waals surface area (Å²) in [6.45, 7) is 3.16. The van der Waals surface area contributed by atoms with E-state index in [-0.39, 0.29) is 12.5 Å². The van der Waals surface area contributed by atoms with Gasteiger partial charge in [0.1, 0.15) is 6.61 Å². The van der Waals surface area contributed by atoms with Crippen LogP contribution < -0.4 is 5.32 Å². The fourth-order valence-electron chi connectivity index (χ4n) is 2.20. The molecular weight excluding hydrogens is 204 g/mol. The number of ether oxygens (including phenoxy) is 1. The zero-order valence-corrected chi connectivity index (χ0v) is 10.1. The van der Waals surface area contributed by atoms with Crippen molar-refractivity contribution in [3.8, 4) is 0 Å². The molecule has 1 heterocycles. The summed E-state index contributed by atoms with van der Waals surface area (Å²) in [5, 5.41) is 3.61. The van der Waals surface area contributed by atoms with E-state index >= 15 is 0 Å². The second-order valence-electron chi connectivity index (χ2n) is 4.94. The van der Waals surface area contributed by atoms with Gasteiger partial charge in [0.15, 0.2) is 0 Å². The Hall–Kier alpha value is -0.610. The van der Waals surface area contributed by atoms with Crippen molar-refractivity contribution >= 4 is 5.91 Å². The lowest BCUT2D eigenvalue weighted by atomic mass is 10.0. The van der Waals surface area contributed by atoms with Crippen LogP contribution in [0.1, 0.15) is 25.7 Å². The lowest BCUT2D eigenvalue weighted by Gasteiger charge is -2.32. The molecule has 0 radical (unpaired) electrons. The fraction of sp³-hybridized carbons (Fsp3) is 0.917. The lowest BCUT2D eigenvalue weighted by molar-refractivity contribution is -0.136. The van der Waals surface area contributed by atoms with Crippen molar-refractivity contribution in [1.29, 1.82) is 0 Å². The molecule has 2 aliphatic rings. The van der Waals surface area contributed by atoms with E-state index in [4.69, 9.17) is 4.74 Å². The van der Waals surface area contributed by atoms with Crippen LogP contribution in [0, 0.1) is 5.92 Å². The highest BCUT2D eigenvalue weighted by atomic mass is 16.5. The van der Waals surface area contributed by atoms with Crippen LogP contribution in [0.2, 0.25) is 0 Å². The van der Waals surface area contributed by atoms with Crippen molar-refractivity contribution < 1.29 is 9.53 Å². The number of piperidine rings is 1.